The molecule has 19 heavy (non-hydrogen) atoms. The predicted octanol–water partition coefficient (Wildman–Crippen LogP) is 4.23. The highest BCUT2D eigenvalue weighted by atomic mass is 127. The average Bonchev–Trinajstić information content (AvgIpc) is 2.38. The van der Waals surface area contributed by atoms with Crippen LogP contribution in [0.1, 0.15) is 11.7 Å². The number of anilines is 1. The molecule has 1 atom stereocenters. The summed E-state index contributed by atoms with van der Waals surface area (Å²) in [6.45, 7) is 0.350. The van der Waals surface area contributed by atoms with Gasteiger partial charge >= 0.3 is 0 Å². The van der Waals surface area contributed by atoms with E-state index in [2.05, 4.69) is 27.9 Å². The maximum absolute atomic E-state index is 12.8. The molecule has 0 spiro atoms. The van der Waals surface area contributed by atoms with Gasteiger partial charge in [0.2, 0.25) is 0 Å². The first-order valence-electron chi connectivity index (χ1n) is 5.69. The van der Waals surface area contributed by atoms with Crippen molar-refractivity contribution in [2.24, 2.45) is 0 Å². The monoisotopic (exact) mass is 391 g/mol. The third-order valence-corrected chi connectivity index (χ3v) is 3.80. The van der Waals surface area contributed by atoms with Crippen LogP contribution in [0.4, 0.5) is 10.1 Å². The number of benzene rings is 2. The van der Waals surface area contributed by atoms with E-state index in [0.717, 1.165) is 9.26 Å². The first-order valence-corrected chi connectivity index (χ1v) is 7.14. The molecule has 2 rings (SSSR count). The van der Waals surface area contributed by atoms with Crippen molar-refractivity contribution in [3.63, 3.8) is 0 Å². The number of rotatable bonds is 4. The van der Waals surface area contributed by atoms with Crippen molar-refractivity contribution in [3.8, 4) is 0 Å². The van der Waals surface area contributed by atoms with Crippen LogP contribution in [-0.2, 0) is 0 Å². The van der Waals surface area contributed by atoms with E-state index in [0.29, 0.717) is 17.1 Å². The smallest absolute Gasteiger partial charge is 0.123 e. The molecule has 0 saturated heterocycles. The lowest BCUT2D eigenvalue weighted by atomic mass is 10.1. The number of aliphatic hydroxyl groups excluding tert-OH is 1. The average molecular weight is 392 g/mol. The molecule has 2 aromatic rings. The second-order valence-corrected chi connectivity index (χ2v) is 5.67. The van der Waals surface area contributed by atoms with Crippen LogP contribution >= 0.6 is 34.2 Å². The largest absolute Gasteiger partial charge is 0.387 e. The van der Waals surface area contributed by atoms with Gasteiger partial charge in [-0.2, -0.15) is 0 Å². The Balaban J connectivity index is 2.00. The van der Waals surface area contributed by atoms with Crippen molar-refractivity contribution in [3.05, 3.63) is 62.4 Å². The van der Waals surface area contributed by atoms with Crippen molar-refractivity contribution < 1.29 is 9.50 Å². The zero-order valence-corrected chi connectivity index (χ0v) is 12.8. The molecule has 0 amide bonds. The van der Waals surface area contributed by atoms with Crippen LogP contribution < -0.4 is 5.32 Å². The molecular weight excluding hydrogens is 380 g/mol. The van der Waals surface area contributed by atoms with Crippen LogP contribution in [0.2, 0.25) is 5.02 Å². The number of hydrogen-bond donors (Lipinski definition) is 2. The third kappa shape index (κ3) is 4.06. The molecule has 0 aliphatic rings. The Morgan fingerprint density at radius 1 is 1.21 bits per heavy atom. The van der Waals surface area contributed by atoms with Crippen molar-refractivity contribution >= 4 is 39.9 Å². The van der Waals surface area contributed by atoms with Gasteiger partial charge in [-0.05, 0) is 58.5 Å². The summed E-state index contributed by atoms with van der Waals surface area (Å²) < 4.78 is 13.8. The summed E-state index contributed by atoms with van der Waals surface area (Å²) in [7, 11) is 0. The third-order valence-electron chi connectivity index (χ3n) is 2.67. The van der Waals surface area contributed by atoms with Gasteiger partial charge in [-0.25, -0.2) is 4.39 Å². The highest BCUT2D eigenvalue weighted by Gasteiger charge is 2.08. The minimum atomic E-state index is -0.688. The Morgan fingerprint density at radius 3 is 2.53 bits per heavy atom. The lowest BCUT2D eigenvalue weighted by molar-refractivity contribution is 0.191. The normalized spacial score (nSPS) is 12.2. The van der Waals surface area contributed by atoms with Crippen LogP contribution in [0.3, 0.4) is 0 Å². The standard InChI is InChI=1S/C14H12ClFINO/c15-10-3-6-13(12(17)7-10)18-8-14(19)9-1-4-11(16)5-2-9/h1-7,14,18-19H,8H2. The van der Waals surface area contributed by atoms with E-state index < -0.39 is 6.10 Å². The number of halogens is 3. The van der Waals surface area contributed by atoms with Crippen LogP contribution in [0, 0.1) is 9.39 Å². The summed E-state index contributed by atoms with van der Waals surface area (Å²) in [5.74, 6) is -0.309. The van der Waals surface area contributed by atoms with Gasteiger partial charge in [0.25, 0.3) is 0 Å². The molecule has 2 aromatic carbocycles. The summed E-state index contributed by atoms with van der Waals surface area (Å²) in [5, 5.41) is 13.8. The van der Waals surface area contributed by atoms with Gasteiger partial charge < -0.3 is 10.4 Å². The highest BCUT2D eigenvalue weighted by molar-refractivity contribution is 14.1. The van der Waals surface area contributed by atoms with E-state index in [-0.39, 0.29) is 5.82 Å². The molecule has 1 unspecified atom stereocenters. The Kier molecular flexibility index (Phi) is 5.01. The first kappa shape index (κ1) is 14.6. The van der Waals surface area contributed by atoms with Gasteiger partial charge in [0.1, 0.15) is 5.82 Å². The first-order chi connectivity index (χ1) is 9.06. The lowest BCUT2D eigenvalue weighted by Crippen LogP contribution is -2.12. The molecule has 0 aliphatic carbocycles. The second-order valence-electron chi connectivity index (χ2n) is 4.07. The molecule has 0 saturated carbocycles. The fourth-order valence-electron chi connectivity index (χ4n) is 1.64. The van der Waals surface area contributed by atoms with Crippen molar-refractivity contribution in [2.75, 3.05) is 11.9 Å². The molecule has 0 aliphatic heterocycles. The quantitative estimate of drug-likeness (QED) is 0.765. The Labute approximate surface area is 129 Å². The molecular formula is C14H12ClFINO. The molecule has 2 N–H and O–H groups in total. The summed E-state index contributed by atoms with van der Waals surface area (Å²) in [5.41, 5.74) is 1.59. The van der Waals surface area contributed by atoms with Gasteiger partial charge in [-0.15, -0.1) is 0 Å². The van der Waals surface area contributed by atoms with E-state index >= 15 is 0 Å². The van der Waals surface area contributed by atoms with Crippen molar-refractivity contribution in [1.82, 2.24) is 0 Å². The Bertz CT molecular complexity index is 562. The fourth-order valence-corrected chi connectivity index (χ4v) is 2.70. The zero-order valence-electron chi connectivity index (χ0n) is 9.91. The van der Waals surface area contributed by atoms with Gasteiger partial charge in [0.05, 0.1) is 6.10 Å². The Morgan fingerprint density at radius 2 is 1.89 bits per heavy atom. The van der Waals surface area contributed by atoms with Crippen LogP contribution in [0.15, 0.2) is 42.5 Å². The maximum atomic E-state index is 12.8. The van der Waals surface area contributed by atoms with Crippen LogP contribution in [-0.4, -0.2) is 11.7 Å². The summed E-state index contributed by atoms with van der Waals surface area (Å²) in [6, 6.07) is 11.3. The molecule has 0 radical (unpaired) electrons. The predicted molar refractivity (Wildman–Crippen MR) is 84.0 cm³/mol. The van der Waals surface area contributed by atoms with Crippen molar-refractivity contribution in [1.29, 1.82) is 0 Å². The van der Waals surface area contributed by atoms with E-state index in [1.54, 1.807) is 18.2 Å². The van der Waals surface area contributed by atoms with Crippen LogP contribution in [0.5, 0.6) is 0 Å². The number of aliphatic hydroxyl groups is 1. The SMILES string of the molecule is OC(CNc1ccc(Cl)cc1I)c1ccc(F)cc1. The molecule has 0 bridgehead atoms. The molecule has 0 aromatic heterocycles. The fraction of sp³-hybridized carbons (Fsp3) is 0.143. The lowest BCUT2D eigenvalue weighted by Gasteiger charge is -2.14. The summed E-state index contributed by atoms with van der Waals surface area (Å²) in [6.07, 6.45) is -0.688. The molecule has 0 fully saturated rings. The van der Waals surface area contributed by atoms with Gasteiger partial charge in [-0.1, -0.05) is 23.7 Å². The summed E-state index contributed by atoms with van der Waals surface area (Å²) in [4.78, 5) is 0. The minimum absolute atomic E-state index is 0.309. The Hall–Kier alpha value is -0.850. The molecule has 0 heterocycles. The zero-order chi connectivity index (χ0) is 13.8. The van der Waals surface area contributed by atoms with Gasteiger partial charge in [-0.3, -0.25) is 0 Å². The number of nitrogens with one attached hydrogen (secondary N) is 1. The van der Waals surface area contributed by atoms with E-state index in [1.165, 1.54) is 12.1 Å². The summed E-state index contributed by atoms with van der Waals surface area (Å²) >= 11 is 8.05. The molecule has 2 nitrogen and oxygen atoms in total. The maximum Gasteiger partial charge on any atom is 0.123 e. The van der Waals surface area contributed by atoms with E-state index in [4.69, 9.17) is 11.6 Å². The van der Waals surface area contributed by atoms with Crippen molar-refractivity contribution in [2.45, 2.75) is 6.10 Å². The molecule has 5 heteroatoms. The van der Waals surface area contributed by atoms with E-state index in [9.17, 15) is 9.50 Å². The van der Waals surface area contributed by atoms with Crippen LogP contribution in [0.25, 0.3) is 0 Å². The number of hydrogen-bond acceptors (Lipinski definition) is 2. The minimum Gasteiger partial charge on any atom is -0.387 e. The topological polar surface area (TPSA) is 32.3 Å². The molecule has 100 valence electrons. The van der Waals surface area contributed by atoms with E-state index in [1.807, 2.05) is 12.1 Å². The van der Waals surface area contributed by atoms with Gasteiger partial charge in [0.15, 0.2) is 0 Å². The highest BCUT2D eigenvalue weighted by Crippen LogP contribution is 2.23. The second kappa shape index (κ2) is 6.54. The van der Waals surface area contributed by atoms with Gasteiger partial charge in [0, 0.05) is 20.8 Å².